The Bertz CT molecular complexity index is 857. The van der Waals surface area contributed by atoms with Crippen LogP contribution in [0, 0.1) is 12.3 Å². The molecule has 0 aromatic heterocycles. The van der Waals surface area contributed by atoms with Crippen LogP contribution < -0.4 is 19.5 Å². The van der Waals surface area contributed by atoms with Gasteiger partial charge in [-0.2, -0.15) is 0 Å². The molecule has 0 radical (unpaired) electrons. The highest BCUT2D eigenvalue weighted by Crippen LogP contribution is 2.28. The standard InChI is InChI=1S/C25H31NO5/c1-5-16-30-22-13-10-20(17-23(22)28-4)14-15-26-25(27)24(29-7-3)18-31-21-11-8-19(6-2)9-12-21/h1,8-13,17,24H,6-7,14-16,18H2,2-4H3,(H,26,27). The molecule has 1 N–H and O–H groups in total. The van der Waals surface area contributed by atoms with Gasteiger partial charge in [0.1, 0.15) is 19.0 Å². The van der Waals surface area contributed by atoms with Gasteiger partial charge in [-0.1, -0.05) is 31.0 Å². The first-order chi connectivity index (χ1) is 15.1. The molecule has 0 aliphatic carbocycles. The molecule has 2 rings (SSSR count). The van der Waals surface area contributed by atoms with Crippen molar-refractivity contribution >= 4 is 5.91 Å². The van der Waals surface area contributed by atoms with Gasteiger partial charge in [-0.3, -0.25) is 4.79 Å². The van der Waals surface area contributed by atoms with E-state index >= 15 is 0 Å². The predicted octanol–water partition coefficient (Wildman–Crippen LogP) is 3.41. The smallest absolute Gasteiger partial charge is 0.252 e. The van der Waals surface area contributed by atoms with E-state index in [1.807, 2.05) is 49.4 Å². The third kappa shape index (κ3) is 7.88. The number of aryl methyl sites for hydroxylation is 1. The van der Waals surface area contributed by atoms with Crippen molar-refractivity contribution in [2.45, 2.75) is 32.8 Å². The minimum absolute atomic E-state index is 0.153. The average molecular weight is 426 g/mol. The van der Waals surface area contributed by atoms with Gasteiger partial charge in [0.25, 0.3) is 5.91 Å². The SMILES string of the molecule is C#CCOc1ccc(CCNC(=O)C(COc2ccc(CC)cc2)OCC)cc1OC. The summed E-state index contributed by atoms with van der Waals surface area (Å²) in [5, 5.41) is 2.91. The van der Waals surface area contributed by atoms with Crippen LogP contribution >= 0.6 is 0 Å². The van der Waals surface area contributed by atoms with Crippen LogP contribution in [-0.2, 0) is 22.4 Å². The van der Waals surface area contributed by atoms with Crippen LogP contribution in [0.25, 0.3) is 0 Å². The third-order valence-electron chi connectivity index (χ3n) is 4.65. The first-order valence-corrected chi connectivity index (χ1v) is 10.4. The second-order valence-electron chi connectivity index (χ2n) is 6.77. The fourth-order valence-corrected chi connectivity index (χ4v) is 2.94. The third-order valence-corrected chi connectivity index (χ3v) is 4.65. The Morgan fingerprint density at radius 1 is 1.06 bits per heavy atom. The van der Waals surface area contributed by atoms with E-state index in [2.05, 4.69) is 18.2 Å². The van der Waals surface area contributed by atoms with Crippen molar-refractivity contribution in [3.63, 3.8) is 0 Å². The fourth-order valence-electron chi connectivity index (χ4n) is 2.94. The van der Waals surface area contributed by atoms with Crippen LogP contribution in [0.15, 0.2) is 42.5 Å². The van der Waals surface area contributed by atoms with Gasteiger partial charge in [-0.15, -0.1) is 6.42 Å². The Morgan fingerprint density at radius 3 is 2.45 bits per heavy atom. The number of rotatable bonds is 13. The first-order valence-electron chi connectivity index (χ1n) is 10.4. The molecule has 0 aliphatic rings. The minimum atomic E-state index is -0.676. The number of hydrogen-bond acceptors (Lipinski definition) is 5. The predicted molar refractivity (Wildman–Crippen MR) is 121 cm³/mol. The number of ether oxygens (including phenoxy) is 4. The quantitative estimate of drug-likeness (QED) is 0.498. The molecule has 0 heterocycles. The molecule has 2 aromatic carbocycles. The number of carbonyl (C=O) groups excluding carboxylic acids is 1. The van der Waals surface area contributed by atoms with Gasteiger partial charge < -0.3 is 24.3 Å². The highest BCUT2D eigenvalue weighted by Gasteiger charge is 2.19. The molecule has 0 bridgehead atoms. The molecule has 0 saturated heterocycles. The molecule has 31 heavy (non-hydrogen) atoms. The highest BCUT2D eigenvalue weighted by molar-refractivity contribution is 5.81. The van der Waals surface area contributed by atoms with Gasteiger partial charge in [-0.25, -0.2) is 0 Å². The zero-order chi connectivity index (χ0) is 22.5. The van der Waals surface area contributed by atoms with Crippen molar-refractivity contribution in [1.82, 2.24) is 5.32 Å². The van der Waals surface area contributed by atoms with Crippen molar-refractivity contribution in [3.8, 4) is 29.6 Å². The molecular formula is C25H31NO5. The second-order valence-corrected chi connectivity index (χ2v) is 6.77. The molecule has 1 amide bonds. The molecule has 0 fully saturated rings. The topological polar surface area (TPSA) is 66.0 Å². The maximum atomic E-state index is 12.6. The van der Waals surface area contributed by atoms with Crippen molar-refractivity contribution in [1.29, 1.82) is 0 Å². The van der Waals surface area contributed by atoms with E-state index < -0.39 is 6.10 Å². The van der Waals surface area contributed by atoms with E-state index in [1.54, 1.807) is 7.11 Å². The summed E-state index contributed by atoms with van der Waals surface area (Å²) in [6.07, 6.45) is 6.16. The van der Waals surface area contributed by atoms with Crippen molar-refractivity contribution in [2.75, 3.05) is 33.5 Å². The Hall–Kier alpha value is -3.17. The summed E-state index contributed by atoms with van der Waals surface area (Å²) in [4.78, 5) is 12.6. The van der Waals surface area contributed by atoms with Crippen LogP contribution in [0.1, 0.15) is 25.0 Å². The number of amides is 1. The molecule has 1 atom stereocenters. The van der Waals surface area contributed by atoms with E-state index in [0.29, 0.717) is 36.8 Å². The number of carbonyl (C=O) groups is 1. The van der Waals surface area contributed by atoms with E-state index in [4.69, 9.17) is 25.4 Å². The summed E-state index contributed by atoms with van der Waals surface area (Å²) >= 11 is 0. The van der Waals surface area contributed by atoms with Crippen molar-refractivity contribution in [2.24, 2.45) is 0 Å². The molecule has 166 valence electrons. The molecule has 2 aromatic rings. The zero-order valence-corrected chi connectivity index (χ0v) is 18.5. The monoisotopic (exact) mass is 425 g/mol. The van der Waals surface area contributed by atoms with Crippen LogP contribution in [-0.4, -0.2) is 45.5 Å². The first kappa shape index (κ1) is 24.1. The van der Waals surface area contributed by atoms with Crippen LogP contribution in [0.4, 0.5) is 0 Å². The normalized spacial score (nSPS) is 11.3. The lowest BCUT2D eigenvalue weighted by atomic mass is 10.1. The highest BCUT2D eigenvalue weighted by atomic mass is 16.5. The summed E-state index contributed by atoms with van der Waals surface area (Å²) in [6, 6.07) is 13.5. The molecule has 0 aliphatic heterocycles. The largest absolute Gasteiger partial charge is 0.493 e. The van der Waals surface area contributed by atoms with E-state index in [-0.39, 0.29) is 19.1 Å². The summed E-state index contributed by atoms with van der Waals surface area (Å²) in [5.41, 5.74) is 2.24. The lowest BCUT2D eigenvalue weighted by Gasteiger charge is -2.18. The minimum Gasteiger partial charge on any atom is -0.493 e. The lowest BCUT2D eigenvalue weighted by molar-refractivity contribution is -0.134. The molecule has 0 spiro atoms. The molecule has 0 saturated carbocycles. The molecule has 1 unspecified atom stereocenters. The summed E-state index contributed by atoms with van der Waals surface area (Å²) in [6.45, 7) is 5.17. The van der Waals surface area contributed by atoms with Crippen molar-refractivity contribution < 1.29 is 23.7 Å². The van der Waals surface area contributed by atoms with E-state index in [9.17, 15) is 4.79 Å². The lowest BCUT2D eigenvalue weighted by Crippen LogP contribution is -2.41. The van der Waals surface area contributed by atoms with Crippen LogP contribution in [0.2, 0.25) is 0 Å². The maximum Gasteiger partial charge on any atom is 0.252 e. The number of benzene rings is 2. The summed E-state index contributed by atoms with van der Waals surface area (Å²) < 4.78 is 22.1. The zero-order valence-electron chi connectivity index (χ0n) is 18.5. The van der Waals surface area contributed by atoms with Gasteiger partial charge >= 0.3 is 0 Å². The molecule has 6 nitrogen and oxygen atoms in total. The van der Waals surface area contributed by atoms with Crippen molar-refractivity contribution in [3.05, 3.63) is 53.6 Å². The molecular weight excluding hydrogens is 394 g/mol. The Balaban J connectivity index is 1.85. The number of nitrogens with one attached hydrogen (secondary N) is 1. The number of terminal acetylenes is 1. The second kappa shape index (κ2) is 13.2. The van der Waals surface area contributed by atoms with Crippen LogP contribution in [0.3, 0.4) is 0 Å². The van der Waals surface area contributed by atoms with Crippen LogP contribution in [0.5, 0.6) is 17.2 Å². The fraction of sp³-hybridized carbons (Fsp3) is 0.400. The molecule has 6 heteroatoms. The maximum absolute atomic E-state index is 12.6. The van der Waals surface area contributed by atoms with Gasteiger partial charge in [0.15, 0.2) is 17.6 Å². The number of methoxy groups -OCH3 is 1. The van der Waals surface area contributed by atoms with Gasteiger partial charge in [0, 0.05) is 13.2 Å². The van der Waals surface area contributed by atoms with Gasteiger partial charge in [-0.05, 0) is 55.2 Å². The van der Waals surface area contributed by atoms with E-state index in [1.165, 1.54) is 5.56 Å². The Kier molecular flexibility index (Phi) is 10.3. The summed E-state index contributed by atoms with van der Waals surface area (Å²) in [5.74, 6) is 4.14. The van der Waals surface area contributed by atoms with E-state index in [0.717, 1.165) is 12.0 Å². The Labute approximate surface area is 184 Å². The Morgan fingerprint density at radius 2 is 1.81 bits per heavy atom. The van der Waals surface area contributed by atoms with Gasteiger partial charge in [0.2, 0.25) is 0 Å². The average Bonchev–Trinajstić information content (AvgIpc) is 2.80. The van der Waals surface area contributed by atoms with Gasteiger partial charge in [0.05, 0.1) is 7.11 Å². The summed E-state index contributed by atoms with van der Waals surface area (Å²) in [7, 11) is 1.58. The number of hydrogen-bond donors (Lipinski definition) is 1.